The van der Waals surface area contributed by atoms with Gasteiger partial charge in [0.2, 0.25) is 0 Å². The second kappa shape index (κ2) is 8.22. The van der Waals surface area contributed by atoms with Crippen molar-refractivity contribution in [1.82, 2.24) is 0 Å². The van der Waals surface area contributed by atoms with Crippen LogP contribution in [0.4, 0.5) is 10.1 Å². The lowest BCUT2D eigenvalue weighted by atomic mass is 10.1. The Hall–Kier alpha value is -1.13. The van der Waals surface area contributed by atoms with Gasteiger partial charge in [0, 0.05) is 19.7 Å². The molecular formula is C16H26FNO2. The van der Waals surface area contributed by atoms with E-state index < -0.39 is 6.10 Å². The average molecular weight is 283 g/mol. The predicted octanol–water partition coefficient (Wildman–Crippen LogP) is 3.52. The number of methoxy groups -OCH3 is 1. The molecule has 0 aliphatic carbocycles. The Morgan fingerprint density at radius 3 is 2.40 bits per heavy atom. The largest absolute Gasteiger partial charge is 0.389 e. The summed E-state index contributed by atoms with van der Waals surface area (Å²) in [6, 6.07) is 5.25. The van der Waals surface area contributed by atoms with E-state index in [1.807, 2.05) is 0 Å². The first-order valence-electron chi connectivity index (χ1n) is 7.28. The van der Waals surface area contributed by atoms with Gasteiger partial charge in [-0.15, -0.1) is 0 Å². The molecule has 0 saturated carbocycles. The van der Waals surface area contributed by atoms with E-state index in [0.29, 0.717) is 24.4 Å². The summed E-state index contributed by atoms with van der Waals surface area (Å²) in [6.45, 7) is 7.08. The van der Waals surface area contributed by atoms with E-state index in [2.05, 4.69) is 18.7 Å². The number of rotatable bonds is 8. The monoisotopic (exact) mass is 283 g/mol. The van der Waals surface area contributed by atoms with Gasteiger partial charge in [-0.1, -0.05) is 19.9 Å². The number of aliphatic hydroxyl groups excluding tert-OH is 1. The second-order valence-electron chi connectivity index (χ2n) is 5.04. The van der Waals surface area contributed by atoms with Gasteiger partial charge in [0.1, 0.15) is 5.82 Å². The quantitative estimate of drug-likeness (QED) is 0.792. The number of hydrogen-bond donors (Lipinski definition) is 1. The molecule has 0 amide bonds. The molecule has 1 aromatic carbocycles. The summed E-state index contributed by atoms with van der Waals surface area (Å²) in [6.07, 6.45) is 1.26. The van der Waals surface area contributed by atoms with Gasteiger partial charge in [0.25, 0.3) is 0 Å². The molecule has 1 N–H and O–H groups in total. The van der Waals surface area contributed by atoms with E-state index in [9.17, 15) is 9.50 Å². The first-order valence-corrected chi connectivity index (χ1v) is 7.28. The van der Waals surface area contributed by atoms with E-state index >= 15 is 0 Å². The molecule has 0 aromatic heterocycles. The zero-order valence-corrected chi connectivity index (χ0v) is 12.9. The van der Waals surface area contributed by atoms with E-state index in [1.54, 1.807) is 26.2 Å². The van der Waals surface area contributed by atoms with Crippen LogP contribution < -0.4 is 4.90 Å². The highest BCUT2D eigenvalue weighted by Crippen LogP contribution is 2.26. The van der Waals surface area contributed by atoms with Crippen LogP contribution in [0, 0.1) is 5.82 Å². The third-order valence-electron chi connectivity index (χ3n) is 3.68. The number of anilines is 1. The molecule has 0 aliphatic heterocycles. The van der Waals surface area contributed by atoms with Gasteiger partial charge in [-0.2, -0.15) is 0 Å². The van der Waals surface area contributed by atoms with Gasteiger partial charge in [-0.25, -0.2) is 4.39 Å². The number of benzene rings is 1. The number of aliphatic hydroxyl groups is 1. The highest BCUT2D eigenvalue weighted by molar-refractivity contribution is 5.50. The highest BCUT2D eigenvalue weighted by atomic mass is 19.1. The average Bonchev–Trinajstić information content (AvgIpc) is 2.43. The molecular weight excluding hydrogens is 257 g/mol. The summed E-state index contributed by atoms with van der Waals surface area (Å²) in [7, 11) is 1.65. The van der Waals surface area contributed by atoms with Gasteiger partial charge < -0.3 is 14.7 Å². The Morgan fingerprint density at radius 2 is 1.95 bits per heavy atom. The molecule has 0 heterocycles. The minimum absolute atomic E-state index is 0.286. The third-order valence-corrected chi connectivity index (χ3v) is 3.68. The van der Waals surface area contributed by atoms with Gasteiger partial charge in [-0.3, -0.25) is 0 Å². The number of ether oxygens (including phenoxy) is 1. The van der Waals surface area contributed by atoms with Crippen molar-refractivity contribution in [2.45, 2.75) is 45.8 Å². The van der Waals surface area contributed by atoms with Crippen molar-refractivity contribution in [1.29, 1.82) is 0 Å². The zero-order valence-electron chi connectivity index (χ0n) is 12.9. The lowest BCUT2D eigenvalue weighted by Crippen LogP contribution is -2.37. The van der Waals surface area contributed by atoms with E-state index in [0.717, 1.165) is 12.8 Å². The maximum Gasteiger partial charge on any atom is 0.146 e. The summed E-state index contributed by atoms with van der Waals surface area (Å²) >= 11 is 0. The molecule has 3 nitrogen and oxygen atoms in total. The maximum absolute atomic E-state index is 14.3. The van der Waals surface area contributed by atoms with Gasteiger partial charge >= 0.3 is 0 Å². The van der Waals surface area contributed by atoms with E-state index in [1.165, 1.54) is 6.07 Å². The smallest absolute Gasteiger partial charge is 0.146 e. The molecule has 0 fully saturated rings. The fourth-order valence-corrected chi connectivity index (χ4v) is 2.43. The first kappa shape index (κ1) is 16.9. The van der Waals surface area contributed by atoms with Crippen LogP contribution in [-0.4, -0.2) is 31.4 Å². The van der Waals surface area contributed by atoms with Crippen LogP contribution in [0.5, 0.6) is 0 Å². The summed E-state index contributed by atoms with van der Waals surface area (Å²) in [5.74, 6) is -0.286. The Kier molecular flexibility index (Phi) is 6.96. The van der Waals surface area contributed by atoms with E-state index in [-0.39, 0.29) is 11.9 Å². The molecule has 0 radical (unpaired) electrons. The van der Waals surface area contributed by atoms with Crippen LogP contribution in [0.15, 0.2) is 18.2 Å². The number of nitrogens with zero attached hydrogens (tertiary/aromatic N) is 1. The Balaban J connectivity index is 3.06. The molecule has 1 unspecified atom stereocenters. The SMILES string of the molecule is CCC(CC)N(CCOC)c1ccc(C(C)O)cc1F. The summed E-state index contributed by atoms with van der Waals surface area (Å²) < 4.78 is 19.5. The van der Waals surface area contributed by atoms with Crippen LogP contribution in [0.2, 0.25) is 0 Å². The molecule has 1 rings (SSSR count). The van der Waals surface area contributed by atoms with Gasteiger partial charge in [0.15, 0.2) is 0 Å². The maximum atomic E-state index is 14.3. The van der Waals surface area contributed by atoms with Crippen molar-refractivity contribution >= 4 is 5.69 Å². The van der Waals surface area contributed by atoms with Crippen LogP contribution in [0.1, 0.15) is 45.3 Å². The van der Waals surface area contributed by atoms with Crippen molar-refractivity contribution in [3.05, 3.63) is 29.6 Å². The zero-order chi connectivity index (χ0) is 15.1. The van der Waals surface area contributed by atoms with Crippen LogP contribution in [0.3, 0.4) is 0 Å². The minimum atomic E-state index is -0.654. The number of halogens is 1. The van der Waals surface area contributed by atoms with Crippen molar-refractivity contribution in [3.8, 4) is 0 Å². The fraction of sp³-hybridized carbons (Fsp3) is 0.625. The second-order valence-corrected chi connectivity index (χ2v) is 5.04. The first-order chi connectivity index (χ1) is 9.54. The molecule has 1 aromatic rings. The van der Waals surface area contributed by atoms with E-state index in [4.69, 9.17) is 4.74 Å². The standard InChI is InChI=1S/C16H26FNO2/c1-5-14(6-2)18(9-10-20-4)16-8-7-13(12(3)19)11-15(16)17/h7-8,11-12,14,19H,5-6,9-10H2,1-4H3. The Morgan fingerprint density at radius 1 is 1.30 bits per heavy atom. The molecule has 0 bridgehead atoms. The number of hydrogen-bond acceptors (Lipinski definition) is 3. The van der Waals surface area contributed by atoms with Crippen molar-refractivity contribution in [2.24, 2.45) is 0 Å². The van der Waals surface area contributed by atoms with Crippen LogP contribution in [-0.2, 0) is 4.74 Å². The van der Waals surface area contributed by atoms with Crippen LogP contribution in [0.25, 0.3) is 0 Å². The minimum Gasteiger partial charge on any atom is -0.389 e. The van der Waals surface area contributed by atoms with Crippen LogP contribution >= 0.6 is 0 Å². The van der Waals surface area contributed by atoms with Crippen molar-refractivity contribution in [3.63, 3.8) is 0 Å². The lowest BCUT2D eigenvalue weighted by molar-refractivity contribution is 0.198. The molecule has 0 aliphatic rings. The molecule has 114 valence electrons. The third kappa shape index (κ3) is 4.18. The van der Waals surface area contributed by atoms with Gasteiger partial charge in [-0.05, 0) is 37.5 Å². The Labute approximate surface area is 121 Å². The Bertz CT molecular complexity index is 405. The lowest BCUT2D eigenvalue weighted by Gasteiger charge is -2.33. The predicted molar refractivity (Wildman–Crippen MR) is 80.6 cm³/mol. The fourth-order valence-electron chi connectivity index (χ4n) is 2.43. The molecule has 0 saturated heterocycles. The topological polar surface area (TPSA) is 32.7 Å². The molecule has 20 heavy (non-hydrogen) atoms. The normalized spacial score (nSPS) is 12.8. The molecule has 1 atom stereocenters. The summed E-state index contributed by atoms with van der Waals surface area (Å²) in [5.41, 5.74) is 1.18. The van der Waals surface area contributed by atoms with Crippen molar-refractivity contribution < 1.29 is 14.2 Å². The molecule has 4 heteroatoms. The summed E-state index contributed by atoms with van der Waals surface area (Å²) in [4.78, 5) is 2.06. The van der Waals surface area contributed by atoms with Gasteiger partial charge in [0.05, 0.1) is 18.4 Å². The molecule has 0 spiro atoms. The highest BCUT2D eigenvalue weighted by Gasteiger charge is 2.19. The summed E-state index contributed by atoms with van der Waals surface area (Å²) in [5, 5.41) is 9.52. The van der Waals surface area contributed by atoms with Crippen molar-refractivity contribution in [2.75, 3.05) is 25.2 Å².